The number of nitrogens with one attached hydrogen (secondary N) is 1. The Morgan fingerprint density at radius 3 is 2.42 bits per heavy atom. The molecule has 140 valence electrons. The van der Waals surface area contributed by atoms with Crippen LogP contribution in [-0.4, -0.2) is 51.8 Å². The third-order valence-electron chi connectivity index (χ3n) is 4.98. The number of carbonyl (C=O) groups is 2. The maximum Gasteiger partial charge on any atom is 0.329 e. The highest BCUT2D eigenvalue weighted by atomic mass is 16.7. The molecule has 2 aliphatic rings. The molecule has 7 nitrogen and oxygen atoms in total. The lowest BCUT2D eigenvalue weighted by molar-refractivity contribution is -0.149. The number of amides is 1. The van der Waals surface area contributed by atoms with Gasteiger partial charge in [0, 0.05) is 26.1 Å². The summed E-state index contributed by atoms with van der Waals surface area (Å²) in [5.74, 6) is -1.45. The maximum atomic E-state index is 12.5. The predicted molar refractivity (Wildman–Crippen MR) is 96.7 cm³/mol. The SMILES string of the molecule is CC1(C)CC(C(=O)NC2(C(=O)O)CCN(Cc3ccccc3)CC2)=NO1. The Morgan fingerprint density at radius 2 is 1.88 bits per heavy atom. The predicted octanol–water partition coefficient (Wildman–Crippen LogP) is 1.78. The van der Waals surface area contributed by atoms with Crippen molar-refractivity contribution in [2.45, 2.75) is 50.8 Å². The van der Waals surface area contributed by atoms with E-state index >= 15 is 0 Å². The Labute approximate surface area is 153 Å². The van der Waals surface area contributed by atoms with Gasteiger partial charge in [0.15, 0.2) is 0 Å². The first-order chi connectivity index (χ1) is 12.3. The van der Waals surface area contributed by atoms with Crippen LogP contribution in [0.2, 0.25) is 0 Å². The normalized spacial score (nSPS) is 21.5. The van der Waals surface area contributed by atoms with E-state index in [-0.39, 0.29) is 5.71 Å². The second-order valence-corrected chi connectivity index (χ2v) is 7.67. The molecule has 1 aromatic carbocycles. The van der Waals surface area contributed by atoms with E-state index in [4.69, 9.17) is 4.84 Å². The first kappa shape index (κ1) is 18.4. The molecule has 0 bridgehead atoms. The summed E-state index contributed by atoms with van der Waals surface area (Å²) in [6, 6.07) is 10.1. The minimum Gasteiger partial charge on any atom is -0.480 e. The van der Waals surface area contributed by atoms with E-state index in [9.17, 15) is 14.7 Å². The molecule has 7 heteroatoms. The second-order valence-electron chi connectivity index (χ2n) is 7.67. The number of oxime groups is 1. The summed E-state index contributed by atoms with van der Waals surface area (Å²) in [5.41, 5.74) is -0.330. The zero-order chi connectivity index (χ0) is 18.8. The zero-order valence-electron chi connectivity index (χ0n) is 15.2. The Kier molecular flexibility index (Phi) is 5.00. The molecule has 1 amide bonds. The van der Waals surface area contributed by atoms with Crippen molar-refractivity contribution >= 4 is 17.6 Å². The first-order valence-electron chi connectivity index (χ1n) is 8.87. The van der Waals surface area contributed by atoms with E-state index in [1.165, 1.54) is 5.56 Å². The van der Waals surface area contributed by atoms with Crippen molar-refractivity contribution in [3.8, 4) is 0 Å². The van der Waals surface area contributed by atoms with E-state index < -0.39 is 23.0 Å². The molecule has 0 unspecified atom stereocenters. The molecule has 1 aromatic rings. The van der Waals surface area contributed by atoms with Gasteiger partial charge in [-0.2, -0.15) is 0 Å². The lowest BCUT2D eigenvalue weighted by Gasteiger charge is -2.39. The Bertz CT molecular complexity index is 707. The summed E-state index contributed by atoms with van der Waals surface area (Å²) in [6.07, 6.45) is 1.09. The van der Waals surface area contributed by atoms with Crippen molar-refractivity contribution in [2.75, 3.05) is 13.1 Å². The van der Waals surface area contributed by atoms with Crippen LogP contribution in [0.25, 0.3) is 0 Å². The van der Waals surface area contributed by atoms with E-state index in [1.54, 1.807) is 0 Å². The van der Waals surface area contributed by atoms with Crippen molar-refractivity contribution in [3.05, 3.63) is 35.9 Å². The summed E-state index contributed by atoms with van der Waals surface area (Å²) in [5, 5.41) is 16.3. The van der Waals surface area contributed by atoms with Gasteiger partial charge in [0.1, 0.15) is 16.9 Å². The van der Waals surface area contributed by atoms with Gasteiger partial charge < -0.3 is 15.3 Å². The Morgan fingerprint density at radius 1 is 1.23 bits per heavy atom. The number of carboxylic acids is 1. The minimum atomic E-state index is -1.25. The second kappa shape index (κ2) is 7.07. The summed E-state index contributed by atoms with van der Waals surface area (Å²) >= 11 is 0. The van der Waals surface area contributed by atoms with Crippen LogP contribution in [0.3, 0.4) is 0 Å². The molecule has 0 atom stereocenters. The lowest BCUT2D eigenvalue weighted by atomic mass is 9.86. The third-order valence-corrected chi connectivity index (χ3v) is 4.98. The highest BCUT2D eigenvalue weighted by molar-refractivity contribution is 6.39. The molecule has 0 spiro atoms. The molecule has 2 N–H and O–H groups in total. The number of piperidine rings is 1. The van der Waals surface area contributed by atoms with E-state index in [1.807, 2.05) is 32.0 Å². The molecule has 0 radical (unpaired) electrons. The van der Waals surface area contributed by atoms with Gasteiger partial charge in [-0.3, -0.25) is 9.69 Å². The lowest BCUT2D eigenvalue weighted by Crippen LogP contribution is -2.61. The Balaban J connectivity index is 1.61. The number of carbonyl (C=O) groups excluding carboxylic acids is 1. The van der Waals surface area contributed by atoms with Gasteiger partial charge in [0.05, 0.1) is 0 Å². The van der Waals surface area contributed by atoms with Crippen LogP contribution in [-0.2, 0) is 21.0 Å². The van der Waals surface area contributed by atoms with Gasteiger partial charge in [-0.25, -0.2) is 4.79 Å². The fourth-order valence-electron chi connectivity index (χ4n) is 3.38. The molecule has 3 rings (SSSR count). The van der Waals surface area contributed by atoms with Gasteiger partial charge in [-0.15, -0.1) is 0 Å². The zero-order valence-corrected chi connectivity index (χ0v) is 15.2. The monoisotopic (exact) mass is 359 g/mol. The molecule has 0 saturated carbocycles. The molecule has 1 saturated heterocycles. The fourth-order valence-corrected chi connectivity index (χ4v) is 3.38. The van der Waals surface area contributed by atoms with Crippen LogP contribution < -0.4 is 5.32 Å². The number of rotatable bonds is 5. The van der Waals surface area contributed by atoms with Crippen molar-refractivity contribution in [1.29, 1.82) is 0 Å². The Hall–Kier alpha value is -2.41. The number of hydrogen-bond acceptors (Lipinski definition) is 5. The highest BCUT2D eigenvalue weighted by Crippen LogP contribution is 2.26. The van der Waals surface area contributed by atoms with Gasteiger partial charge in [-0.05, 0) is 32.3 Å². The molecule has 0 aliphatic carbocycles. The largest absolute Gasteiger partial charge is 0.480 e. The van der Waals surface area contributed by atoms with Gasteiger partial charge in [-0.1, -0.05) is 35.5 Å². The quantitative estimate of drug-likeness (QED) is 0.836. The molecule has 26 heavy (non-hydrogen) atoms. The van der Waals surface area contributed by atoms with E-state index in [0.29, 0.717) is 32.4 Å². The van der Waals surface area contributed by atoms with Gasteiger partial charge >= 0.3 is 5.97 Å². The van der Waals surface area contributed by atoms with Crippen LogP contribution in [0.5, 0.6) is 0 Å². The van der Waals surface area contributed by atoms with Crippen LogP contribution in [0.1, 0.15) is 38.7 Å². The molecule has 0 aromatic heterocycles. The molecule has 2 heterocycles. The van der Waals surface area contributed by atoms with E-state index in [2.05, 4.69) is 27.5 Å². The van der Waals surface area contributed by atoms with Crippen molar-refractivity contribution in [3.63, 3.8) is 0 Å². The standard InChI is InChI=1S/C19H25N3O4/c1-18(2)12-15(21-26-18)16(23)20-19(17(24)25)8-10-22(11-9-19)13-14-6-4-3-5-7-14/h3-7H,8-13H2,1-2H3,(H,20,23)(H,24,25). The van der Waals surface area contributed by atoms with Crippen molar-refractivity contribution in [1.82, 2.24) is 10.2 Å². The molecular weight excluding hydrogens is 334 g/mol. The third kappa shape index (κ3) is 4.04. The maximum absolute atomic E-state index is 12.5. The molecule has 1 fully saturated rings. The average Bonchev–Trinajstić information content (AvgIpc) is 2.98. The van der Waals surface area contributed by atoms with Crippen molar-refractivity contribution in [2.24, 2.45) is 5.16 Å². The smallest absolute Gasteiger partial charge is 0.329 e. The van der Waals surface area contributed by atoms with Crippen LogP contribution in [0.15, 0.2) is 35.5 Å². The average molecular weight is 359 g/mol. The topological polar surface area (TPSA) is 91.2 Å². The van der Waals surface area contributed by atoms with Gasteiger partial charge in [0.2, 0.25) is 0 Å². The minimum absolute atomic E-state index is 0.252. The number of likely N-dealkylation sites (tertiary alicyclic amines) is 1. The van der Waals surface area contributed by atoms with Crippen molar-refractivity contribution < 1.29 is 19.5 Å². The molecule has 2 aliphatic heterocycles. The fraction of sp³-hybridized carbons (Fsp3) is 0.526. The summed E-state index contributed by atoms with van der Waals surface area (Å²) < 4.78 is 0. The van der Waals surface area contributed by atoms with Crippen LogP contribution in [0, 0.1) is 0 Å². The number of hydrogen-bond donors (Lipinski definition) is 2. The van der Waals surface area contributed by atoms with Crippen LogP contribution >= 0.6 is 0 Å². The summed E-state index contributed by atoms with van der Waals surface area (Å²) in [6.45, 7) is 5.67. The molecular formula is C19H25N3O4. The number of nitrogens with zero attached hydrogens (tertiary/aromatic N) is 2. The number of aliphatic carboxylic acids is 1. The summed E-state index contributed by atoms with van der Waals surface area (Å²) in [4.78, 5) is 31.8. The summed E-state index contributed by atoms with van der Waals surface area (Å²) in [7, 11) is 0. The van der Waals surface area contributed by atoms with Crippen LogP contribution in [0.4, 0.5) is 0 Å². The van der Waals surface area contributed by atoms with Gasteiger partial charge in [0.25, 0.3) is 5.91 Å². The number of carboxylic acid groups (broad SMARTS) is 1. The highest BCUT2D eigenvalue weighted by Gasteiger charge is 2.44. The van der Waals surface area contributed by atoms with E-state index in [0.717, 1.165) is 6.54 Å². The first-order valence-corrected chi connectivity index (χ1v) is 8.87. The number of benzene rings is 1.